The predicted octanol–water partition coefficient (Wildman–Crippen LogP) is 6.05. The molecule has 1 heteroatoms. The van der Waals surface area contributed by atoms with Gasteiger partial charge in [-0.25, -0.2) is 0 Å². The predicted molar refractivity (Wildman–Crippen MR) is 80.9 cm³/mol. The van der Waals surface area contributed by atoms with Crippen molar-refractivity contribution in [3.63, 3.8) is 0 Å². The summed E-state index contributed by atoms with van der Waals surface area (Å²) in [6.07, 6.45) is 20.7. The summed E-state index contributed by atoms with van der Waals surface area (Å²) in [5.74, 6) is 0. The quantitative estimate of drug-likeness (QED) is 0.266. The van der Waals surface area contributed by atoms with Gasteiger partial charge in [0.25, 0.3) is 0 Å². The summed E-state index contributed by atoms with van der Waals surface area (Å²) in [5.41, 5.74) is 0. The molecule has 0 aliphatic carbocycles. The molecule has 0 spiro atoms. The van der Waals surface area contributed by atoms with Crippen molar-refractivity contribution in [2.24, 2.45) is 0 Å². The summed E-state index contributed by atoms with van der Waals surface area (Å²) < 4.78 is 1.46. The fourth-order valence-electron chi connectivity index (χ4n) is 2.32. The molecule has 0 unspecified atom stereocenters. The third-order valence-corrected chi connectivity index (χ3v) is 4.54. The zero-order valence-corrected chi connectivity index (χ0v) is 15.0. The van der Waals surface area contributed by atoms with Crippen LogP contribution in [0, 0.1) is 0 Å². The van der Waals surface area contributed by atoms with Crippen LogP contribution in [-0.2, 0) is 0 Å². The fourth-order valence-corrected chi connectivity index (χ4v) is 3.03. The van der Waals surface area contributed by atoms with Crippen LogP contribution in [0.15, 0.2) is 0 Å². The van der Waals surface area contributed by atoms with Crippen molar-refractivity contribution in [3.05, 3.63) is 0 Å². The van der Waals surface area contributed by atoms with E-state index in [1.165, 1.54) is 94.3 Å². The molecule has 0 rings (SSSR count). The minimum atomic E-state index is 1.37. The molecule has 0 saturated heterocycles. The second-order valence-electron chi connectivity index (χ2n) is 5.35. The molecule has 0 aromatic heterocycles. The number of rotatable bonds is 14. The van der Waals surface area contributed by atoms with Gasteiger partial charge in [0, 0.05) is 0 Å². The first-order valence-corrected chi connectivity index (χ1v) is 10.1. The number of unbranched alkanes of at least 4 members (excludes halogenated alkanes) is 13. The molecule has 3 radical (unpaired) electrons. The monoisotopic (exact) mass is 345 g/mol. The van der Waals surface area contributed by atoms with E-state index in [2.05, 4.69) is 6.92 Å². The summed E-state index contributed by atoms with van der Waals surface area (Å²) in [6.45, 7) is 2.29. The SMILES string of the molecule is CCCCCCCCCCCCCCC[CH2][Sn]. The third kappa shape index (κ3) is 16.8. The van der Waals surface area contributed by atoms with Crippen LogP contribution in [0.25, 0.3) is 0 Å². The summed E-state index contributed by atoms with van der Waals surface area (Å²) in [6, 6.07) is 0. The van der Waals surface area contributed by atoms with Crippen LogP contribution in [0.2, 0.25) is 4.44 Å². The van der Waals surface area contributed by atoms with E-state index in [-0.39, 0.29) is 0 Å². The molecule has 0 amide bonds. The molecule has 0 aromatic carbocycles. The Morgan fingerprint density at radius 3 is 1.06 bits per heavy atom. The Kier molecular flexibility index (Phi) is 17.6. The first-order chi connectivity index (χ1) is 8.41. The van der Waals surface area contributed by atoms with Gasteiger partial charge in [0.1, 0.15) is 0 Å². The Labute approximate surface area is 123 Å². The van der Waals surface area contributed by atoms with Gasteiger partial charge in [0.15, 0.2) is 0 Å². The van der Waals surface area contributed by atoms with E-state index in [1.54, 1.807) is 22.5 Å². The first kappa shape index (κ1) is 17.8. The van der Waals surface area contributed by atoms with Gasteiger partial charge < -0.3 is 0 Å². The van der Waals surface area contributed by atoms with Crippen LogP contribution in [0.4, 0.5) is 0 Å². The molecule has 0 bridgehead atoms. The van der Waals surface area contributed by atoms with Crippen LogP contribution in [0.5, 0.6) is 0 Å². The maximum absolute atomic E-state index is 2.29. The molecule has 0 fully saturated rings. The third-order valence-electron chi connectivity index (χ3n) is 3.53. The summed E-state index contributed by atoms with van der Waals surface area (Å²) >= 11 is 1.72. The van der Waals surface area contributed by atoms with E-state index in [0.29, 0.717) is 0 Å². The van der Waals surface area contributed by atoms with Gasteiger partial charge >= 0.3 is 97.6 Å². The second-order valence-corrected chi connectivity index (χ2v) is 6.77. The summed E-state index contributed by atoms with van der Waals surface area (Å²) in [4.78, 5) is 0. The van der Waals surface area contributed by atoms with Crippen molar-refractivity contribution >= 4 is 22.5 Å². The molecule has 0 saturated carbocycles. The van der Waals surface area contributed by atoms with Crippen LogP contribution in [0.1, 0.15) is 96.8 Å². The molecule has 0 atom stereocenters. The minimum absolute atomic E-state index is 1.37. The molecular formula is C16H33Sn. The van der Waals surface area contributed by atoms with Crippen LogP contribution >= 0.6 is 0 Å². The van der Waals surface area contributed by atoms with E-state index >= 15 is 0 Å². The van der Waals surface area contributed by atoms with Crippen molar-refractivity contribution in [1.29, 1.82) is 0 Å². The Morgan fingerprint density at radius 1 is 0.471 bits per heavy atom. The Balaban J connectivity index is 2.85. The van der Waals surface area contributed by atoms with Gasteiger partial charge in [-0.05, 0) is 0 Å². The molecule has 101 valence electrons. The summed E-state index contributed by atoms with van der Waals surface area (Å²) in [7, 11) is 0. The molecule has 0 aliphatic heterocycles. The molecule has 0 heterocycles. The van der Waals surface area contributed by atoms with Crippen LogP contribution in [0.3, 0.4) is 0 Å². The normalized spacial score (nSPS) is 10.9. The van der Waals surface area contributed by atoms with Crippen molar-refractivity contribution in [2.75, 3.05) is 0 Å². The van der Waals surface area contributed by atoms with Gasteiger partial charge in [0.05, 0.1) is 0 Å². The zero-order valence-electron chi connectivity index (χ0n) is 12.1. The summed E-state index contributed by atoms with van der Waals surface area (Å²) in [5, 5.41) is 0. The molecule has 0 aromatic rings. The van der Waals surface area contributed by atoms with Crippen LogP contribution in [-0.4, -0.2) is 22.5 Å². The van der Waals surface area contributed by atoms with Gasteiger partial charge in [-0.3, -0.25) is 0 Å². The van der Waals surface area contributed by atoms with Crippen LogP contribution < -0.4 is 0 Å². The standard InChI is InChI=1S/C16H33.Sn/c1-3-5-7-9-11-13-15-16-14-12-10-8-6-4-2;/h1,3-16H2,2H3;. The molecule has 0 N–H and O–H groups in total. The topological polar surface area (TPSA) is 0 Å². The van der Waals surface area contributed by atoms with Gasteiger partial charge in [0.2, 0.25) is 0 Å². The van der Waals surface area contributed by atoms with Gasteiger partial charge in [-0.2, -0.15) is 0 Å². The number of hydrogen-bond acceptors (Lipinski definition) is 0. The average molecular weight is 344 g/mol. The molecule has 0 nitrogen and oxygen atoms in total. The van der Waals surface area contributed by atoms with Gasteiger partial charge in [-0.15, -0.1) is 0 Å². The first-order valence-electron chi connectivity index (χ1n) is 8.06. The Bertz CT molecular complexity index is 109. The fraction of sp³-hybridized carbons (Fsp3) is 1.00. The van der Waals surface area contributed by atoms with E-state index in [0.717, 1.165) is 0 Å². The average Bonchev–Trinajstić information content (AvgIpc) is 2.35. The van der Waals surface area contributed by atoms with Crippen molar-refractivity contribution < 1.29 is 0 Å². The Morgan fingerprint density at radius 2 is 0.765 bits per heavy atom. The van der Waals surface area contributed by atoms with Crippen molar-refractivity contribution in [3.8, 4) is 0 Å². The number of hydrogen-bond donors (Lipinski definition) is 0. The van der Waals surface area contributed by atoms with E-state index in [4.69, 9.17) is 0 Å². The molecule has 17 heavy (non-hydrogen) atoms. The second kappa shape index (κ2) is 16.8. The van der Waals surface area contributed by atoms with E-state index in [1.807, 2.05) is 0 Å². The Hall–Kier alpha value is 0.799. The van der Waals surface area contributed by atoms with Crippen molar-refractivity contribution in [2.45, 2.75) is 101 Å². The van der Waals surface area contributed by atoms with E-state index in [9.17, 15) is 0 Å². The van der Waals surface area contributed by atoms with Gasteiger partial charge in [-0.1, -0.05) is 26.2 Å². The molecular weight excluding hydrogens is 311 g/mol. The zero-order chi connectivity index (χ0) is 12.6. The van der Waals surface area contributed by atoms with Crippen molar-refractivity contribution in [1.82, 2.24) is 0 Å². The maximum atomic E-state index is 2.29. The molecule has 0 aliphatic rings. The van der Waals surface area contributed by atoms with E-state index < -0.39 is 0 Å².